The van der Waals surface area contributed by atoms with Crippen molar-refractivity contribution in [1.29, 1.82) is 0 Å². The fourth-order valence-electron chi connectivity index (χ4n) is 5.33. The fourth-order valence-corrected chi connectivity index (χ4v) is 5.33. The normalized spacial score (nSPS) is 18.2. The molecule has 0 aliphatic carbocycles. The SMILES string of the molecule is O=C(CCN1C=CNN1)N1CCC=C(c2ccc3oc(-c4cccc(CCN5CCOCC5)c4)cc3c2)C1. The molecule has 0 bridgehead atoms. The first-order chi connectivity index (χ1) is 18.7. The third-order valence-corrected chi connectivity index (χ3v) is 7.54. The second kappa shape index (κ2) is 11.4. The Hall–Kier alpha value is -3.59. The molecule has 0 radical (unpaired) electrons. The summed E-state index contributed by atoms with van der Waals surface area (Å²) in [5.74, 6) is 1.07. The highest BCUT2D eigenvalue weighted by atomic mass is 16.5. The van der Waals surface area contributed by atoms with E-state index in [-0.39, 0.29) is 5.91 Å². The number of hydrogen-bond donors (Lipinski definition) is 2. The van der Waals surface area contributed by atoms with Crippen molar-refractivity contribution in [3.63, 3.8) is 0 Å². The molecule has 0 unspecified atom stereocenters. The molecule has 2 aromatic carbocycles. The lowest BCUT2D eigenvalue weighted by Crippen LogP contribution is -2.40. The number of amides is 1. The number of ether oxygens (including phenoxy) is 1. The van der Waals surface area contributed by atoms with E-state index in [0.29, 0.717) is 19.5 Å². The van der Waals surface area contributed by atoms with E-state index in [2.05, 4.69) is 70.5 Å². The number of carbonyl (C=O) groups is 1. The van der Waals surface area contributed by atoms with E-state index in [1.807, 2.05) is 22.3 Å². The predicted octanol–water partition coefficient (Wildman–Crippen LogP) is 3.78. The summed E-state index contributed by atoms with van der Waals surface area (Å²) in [7, 11) is 0. The number of carbonyl (C=O) groups excluding carboxylic acids is 1. The highest BCUT2D eigenvalue weighted by Crippen LogP contribution is 2.31. The van der Waals surface area contributed by atoms with Gasteiger partial charge in [0.1, 0.15) is 11.3 Å². The van der Waals surface area contributed by atoms with Crippen LogP contribution in [0.25, 0.3) is 27.9 Å². The van der Waals surface area contributed by atoms with E-state index >= 15 is 0 Å². The Bertz CT molecular complexity index is 1340. The molecule has 2 N–H and O–H groups in total. The first-order valence-electron chi connectivity index (χ1n) is 13.6. The molecule has 4 heterocycles. The number of fused-ring (bicyclic) bond motifs is 1. The van der Waals surface area contributed by atoms with E-state index < -0.39 is 0 Å². The van der Waals surface area contributed by atoms with E-state index in [4.69, 9.17) is 9.15 Å². The summed E-state index contributed by atoms with van der Waals surface area (Å²) in [5, 5.41) is 2.96. The van der Waals surface area contributed by atoms with Gasteiger partial charge in [-0.1, -0.05) is 30.3 Å². The van der Waals surface area contributed by atoms with Crippen molar-refractivity contribution in [2.75, 3.05) is 52.5 Å². The van der Waals surface area contributed by atoms with Gasteiger partial charge in [-0.3, -0.25) is 14.7 Å². The van der Waals surface area contributed by atoms with Crippen LogP contribution in [0.15, 0.2) is 71.4 Å². The van der Waals surface area contributed by atoms with Crippen LogP contribution in [0.4, 0.5) is 0 Å². The highest BCUT2D eigenvalue weighted by Gasteiger charge is 2.20. The lowest BCUT2D eigenvalue weighted by molar-refractivity contribution is -0.131. The Kier molecular flexibility index (Phi) is 7.44. The van der Waals surface area contributed by atoms with Gasteiger partial charge in [-0.25, -0.2) is 0 Å². The van der Waals surface area contributed by atoms with Crippen LogP contribution < -0.4 is 11.0 Å². The lowest BCUT2D eigenvalue weighted by Gasteiger charge is -2.28. The topological polar surface area (TPSA) is 73.2 Å². The average molecular weight is 514 g/mol. The minimum Gasteiger partial charge on any atom is -0.456 e. The van der Waals surface area contributed by atoms with Gasteiger partial charge in [-0.15, -0.1) is 5.53 Å². The Morgan fingerprint density at radius 2 is 1.89 bits per heavy atom. The number of hydrazine groups is 2. The zero-order chi connectivity index (χ0) is 25.7. The van der Waals surface area contributed by atoms with Gasteiger partial charge in [0.05, 0.1) is 13.2 Å². The maximum absolute atomic E-state index is 12.8. The van der Waals surface area contributed by atoms with Gasteiger partial charge in [-0.05, 0) is 53.8 Å². The monoisotopic (exact) mass is 513 g/mol. The molecule has 6 rings (SSSR count). The van der Waals surface area contributed by atoms with Crippen LogP contribution in [0.2, 0.25) is 0 Å². The smallest absolute Gasteiger partial charge is 0.224 e. The number of nitrogens with zero attached hydrogens (tertiary/aromatic N) is 3. The zero-order valence-electron chi connectivity index (χ0n) is 21.7. The number of benzene rings is 2. The molecule has 1 amide bonds. The molecule has 8 heteroatoms. The van der Waals surface area contributed by atoms with E-state index in [1.54, 1.807) is 0 Å². The standard InChI is InChI=1S/C30H35N5O3/c36-30(9-13-35-14-10-31-32-35)34-11-2-5-26(22-34)24-6-7-28-27(20-24)21-29(38-28)25-4-1-3-23(19-25)8-12-33-15-17-37-18-16-33/h1,3-7,10,14,19-21,31-32H,2,8-9,11-13,15-18,22H2. The van der Waals surface area contributed by atoms with Gasteiger partial charge in [-0.2, -0.15) is 0 Å². The van der Waals surface area contributed by atoms with Gasteiger partial charge in [0.15, 0.2) is 0 Å². The van der Waals surface area contributed by atoms with Crippen molar-refractivity contribution in [3.8, 4) is 11.3 Å². The van der Waals surface area contributed by atoms with Gasteiger partial charge >= 0.3 is 0 Å². The van der Waals surface area contributed by atoms with Crippen molar-refractivity contribution in [3.05, 3.63) is 78.1 Å². The van der Waals surface area contributed by atoms with Crippen molar-refractivity contribution >= 4 is 22.4 Å². The molecule has 0 atom stereocenters. The summed E-state index contributed by atoms with van der Waals surface area (Å²) < 4.78 is 11.7. The summed E-state index contributed by atoms with van der Waals surface area (Å²) in [4.78, 5) is 17.3. The molecule has 1 saturated heterocycles. The van der Waals surface area contributed by atoms with Crippen LogP contribution in [-0.2, 0) is 16.0 Å². The van der Waals surface area contributed by atoms with Crippen molar-refractivity contribution in [2.24, 2.45) is 0 Å². The molecule has 3 aliphatic heterocycles. The highest BCUT2D eigenvalue weighted by molar-refractivity contribution is 5.87. The van der Waals surface area contributed by atoms with Crippen LogP contribution in [0.3, 0.4) is 0 Å². The predicted molar refractivity (Wildman–Crippen MR) is 149 cm³/mol. The Morgan fingerprint density at radius 3 is 2.76 bits per heavy atom. The van der Waals surface area contributed by atoms with Gasteiger partial charge < -0.3 is 19.5 Å². The number of rotatable bonds is 8. The number of hydrogen-bond acceptors (Lipinski definition) is 7. The molecule has 1 fully saturated rings. The molecule has 0 spiro atoms. The lowest BCUT2D eigenvalue weighted by atomic mass is 9.99. The first-order valence-corrected chi connectivity index (χ1v) is 13.6. The summed E-state index contributed by atoms with van der Waals surface area (Å²) in [5.41, 5.74) is 11.5. The summed E-state index contributed by atoms with van der Waals surface area (Å²) in [6.45, 7) is 6.78. The summed E-state index contributed by atoms with van der Waals surface area (Å²) >= 11 is 0. The van der Waals surface area contributed by atoms with Crippen LogP contribution in [0.1, 0.15) is 24.0 Å². The molecular weight excluding hydrogens is 478 g/mol. The van der Waals surface area contributed by atoms with Gasteiger partial charge in [0.2, 0.25) is 5.91 Å². The second-order valence-electron chi connectivity index (χ2n) is 10.1. The quantitative estimate of drug-likeness (QED) is 0.475. The Labute approximate surface area is 223 Å². The summed E-state index contributed by atoms with van der Waals surface area (Å²) in [6.07, 6.45) is 8.33. The molecular formula is C30H35N5O3. The maximum Gasteiger partial charge on any atom is 0.224 e. The molecule has 3 aromatic rings. The maximum atomic E-state index is 12.8. The molecule has 38 heavy (non-hydrogen) atoms. The average Bonchev–Trinajstić information content (AvgIpc) is 3.65. The van der Waals surface area contributed by atoms with Crippen LogP contribution in [-0.4, -0.2) is 73.2 Å². The number of morpholine rings is 1. The zero-order valence-corrected chi connectivity index (χ0v) is 21.7. The number of furan rings is 1. The van der Waals surface area contributed by atoms with Crippen LogP contribution >= 0.6 is 0 Å². The third kappa shape index (κ3) is 5.78. The van der Waals surface area contributed by atoms with Crippen molar-refractivity contribution in [2.45, 2.75) is 19.3 Å². The third-order valence-electron chi connectivity index (χ3n) is 7.54. The van der Waals surface area contributed by atoms with Crippen LogP contribution in [0, 0.1) is 0 Å². The van der Waals surface area contributed by atoms with Gasteiger partial charge in [0, 0.05) is 69.0 Å². The van der Waals surface area contributed by atoms with E-state index in [9.17, 15) is 4.79 Å². The Balaban J connectivity index is 1.12. The first kappa shape index (κ1) is 24.7. The van der Waals surface area contributed by atoms with Gasteiger partial charge in [0.25, 0.3) is 0 Å². The largest absolute Gasteiger partial charge is 0.456 e. The molecule has 3 aliphatic rings. The molecule has 0 saturated carbocycles. The van der Waals surface area contributed by atoms with Crippen LogP contribution in [0.5, 0.6) is 0 Å². The van der Waals surface area contributed by atoms with Crippen molar-refractivity contribution < 1.29 is 13.9 Å². The Morgan fingerprint density at radius 1 is 0.974 bits per heavy atom. The number of nitrogens with one attached hydrogen (secondary N) is 2. The van der Waals surface area contributed by atoms with Crippen molar-refractivity contribution in [1.82, 2.24) is 25.8 Å². The molecule has 1 aromatic heterocycles. The second-order valence-corrected chi connectivity index (χ2v) is 10.1. The van der Waals surface area contributed by atoms with E-state index in [0.717, 1.165) is 80.1 Å². The molecule has 198 valence electrons. The summed E-state index contributed by atoms with van der Waals surface area (Å²) in [6, 6.07) is 17.2. The minimum atomic E-state index is 0.179. The van der Waals surface area contributed by atoms with E-state index in [1.165, 1.54) is 11.1 Å². The fraction of sp³-hybridized carbons (Fsp3) is 0.367. The minimum absolute atomic E-state index is 0.179. The molecule has 8 nitrogen and oxygen atoms in total.